The van der Waals surface area contributed by atoms with Crippen LogP contribution >= 0.6 is 11.8 Å². The number of rotatable bonds is 6. The molecule has 108 valence electrons. The Morgan fingerprint density at radius 2 is 2.25 bits per heavy atom. The summed E-state index contributed by atoms with van der Waals surface area (Å²) in [4.78, 5) is 11.8. The number of aliphatic hydroxyl groups excluding tert-OH is 1. The average molecular weight is 294 g/mol. The minimum Gasteiger partial charge on any atom is -0.451 e. The molecule has 0 fully saturated rings. The number of hydrazine groups is 1. The molecule has 1 unspecified atom stereocenters. The normalized spacial score (nSPS) is 12.6. The summed E-state index contributed by atoms with van der Waals surface area (Å²) in [6, 6.07) is 7.53. The standard InChI is InChI=1S/C14H18N2O3S/c1-9(6-7-17)20-8-11-10-4-2-3-5-12(10)19-13(11)14(18)16-15/h2-5,9,17H,6-8,15H2,1H3,(H,16,18). The number of furan rings is 1. The number of nitrogen functional groups attached to an aromatic ring is 1. The largest absolute Gasteiger partial charge is 0.451 e. The first-order valence-electron chi connectivity index (χ1n) is 6.41. The van der Waals surface area contributed by atoms with E-state index in [2.05, 4.69) is 5.43 Å². The van der Waals surface area contributed by atoms with Crippen LogP contribution in [0.2, 0.25) is 0 Å². The summed E-state index contributed by atoms with van der Waals surface area (Å²) in [5, 5.41) is 10.2. The van der Waals surface area contributed by atoms with Gasteiger partial charge in [-0.05, 0) is 12.5 Å². The van der Waals surface area contributed by atoms with E-state index in [1.807, 2.05) is 31.2 Å². The first-order chi connectivity index (χ1) is 9.67. The first kappa shape index (κ1) is 14.9. The van der Waals surface area contributed by atoms with Crippen LogP contribution in [0.25, 0.3) is 11.0 Å². The highest BCUT2D eigenvalue weighted by atomic mass is 32.2. The molecule has 0 aliphatic rings. The second kappa shape index (κ2) is 6.78. The van der Waals surface area contributed by atoms with Crippen LogP contribution in [0.3, 0.4) is 0 Å². The van der Waals surface area contributed by atoms with Gasteiger partial charge in [-0.3, -0.25) is 10.2 Å². The third-order valence-corrected chi connectivity index (χ3v) is 4.34. The van der Waals surface area contributed by atoms with Crippen LogP contribution in [-0.4, -0.2) is 22.9 Å². The van der Waals surface area contributed by atoms with Crippen molar-refractivity contribution >= 4 is 28.6 Å². The molecule has 2 aromatic rings. The molecule has 20 heavy (non-hydrogen) atoms. The van der Waals surface area contributed by atoms with Crippen molar-refractivity contribution in [1.29, 1.82) is 0 Å². The highest BCUT2D eigenvalue weighted by molar-refractivity contribution is 7.99. The Morgan fingerprint density at radius 1 is 1.50 bits per heavy atom. The minimum absolute atomic E-state index is 0.163. The van der Waals surface area contributed by atoms with Crippen molar-refractivity contribution in [2.24, 2.45) is 5.84 Å². The molecule has 0 radical (unpaired) electrons. The van der Waals surface area contributed by atoms with E-state index >= 15 is 0 Å². The molecule has 0 aliphatic heterocycles. The Hall–Kier alpha value is -1.50. The molecule has 5 nitrogen and oxygen atoms in total. The van der Waals surface area contributed by atoms with E-state index < -0.39 is 5.91 Å². The summed E-state index contributed by atoms with van der Waals surface area (Å²) in [5.74, 6) is 5.68. The molecule has 4 N–H and O–H groups in total. The van der Waals surface area contributed by atoms with Gasteiger partial charge in [0.2, 0.25) is 0 Å². The topological polar surface area (TPSA) is 88.5 Å². The fraction of sp³-hybridized carbons (Fsp3) is 0.357. The van der Waals surface area contributed by atoms with Gasteiger partial charge in [-0.15, -0.1) is 0 Å². The maximum absolute atomic E-state index is 11.8. The smallest absolute Gasteiger partial charge is 0.301 e. The second-order valence-corrected chi connectivity index (χ2v) is 5.94. The van der Waals surface area contributed by atoms with Crippen LogP contribution in [0.5, 0.6) is 0 Å². The fourth-order valence-electron chi connectivity index (χ4n) is 1.98. The van der Waals surface area contributed by atoms with Crippen molar-refractivity contribution in [3.8, 4) is 0 Å². The zero-order valence-corrected chi connectivity index (χ0v) is 12.1. The summed E-state index contributed by atoms with van der Waals surface area (Å²) in [6.07, 6.45) is 0.721. The molecule has 6 heteroatoms. The van der Waals surface area contributed by atoms with E-state index in [0.29, 0.717) is 16.6 Å². The van der Waals surface area contributed by atoms with Crippen LogP contribution in [-0.2, 0) is 5.75 Å². The molecular weight excluding hydrogens is 276 g/mol. The molecule has 0 saturated heterocycles. The van der Waals surface area contributed by atoms with Crippen molar-refractivity contribution in [1.82, 2.24) is 5.43 Å². The molecule has 1 aromatic carbocycles. The van der Waals surface area contributed by atoms with Gasteiger partial charge in [0.05, 0.1) is 0 Å². The van der Waals surface area contributed by atoms with Gasteiger partial charge in [0, 0.05) is 28.6 Å². The average Bonchev–Trinajstić information content (AvgIpc) is 2.83. The van der Waals surface area contributed by atoms with E-state index in [1.165, 1.54) is 0 Å². The zero-order chi connectivity index (χ0) is 14.5. The lowest BCUT2D eigenvalue weighted by Crippen LogP contribution is -2.30. The third-order valence-electron chi connectivity index (χ3n) is 3.08. The van der Waals surface area contributed by atoms with Crippen molar-refractivity contribution < 1.29 is 14.3 Å². The van der Waals surface area contributed by atoms with Gasteiger partial charge in [0.25, 0.3) is 0 Å². The van der Waals surface area contributed by atoms with Gasteiger partial charge in [0.1, 0.15) is 5.58 Å². The Balaban J connectivity index is 2.31. The van der Waals surface area contributed by atoms with Crippen molar-refractivity contribution in [3.05, 3.63) is 35.6 Å². The minimum atomic E-state index is -0.424. The molecule has 1 amide bonds. The fourth-order valence-corrected chi connectivity index (χ4v) is 2.99. The van der Waals surface area contributed by atoms with E-state index in [9.17, 15) is 4.79 Å². The lowest BCUT2D eigenvalue weighted by atomic mass is 10.1. The first-order valence-corrected chi connectivity index (χ1v) is 7.46. The Labute approximate surface area is 121 Å². The summed E-state index contributed by atoms with van der Waals surface area (Å²) >= 11 is 1.67. The van der Waals surface area contributed by atoms with Crippen molar-refractivity contribution in [3.63, 3.8) is 0 Å². The van der Waals surface area contributed by atoms with E-state index in [4.69, 9.17) is 15.4 Å². The summed E-state index contributed by atoms with van der Waals surface area (Å²) in [5.41, 5.74) is 3.64. The number of aliphatic hydroxyl groups is 1. The molecular formula is C14H18N2O3S. The maximum atomic E-state index is 11.8. The van der Waals surface area contributed by atoms with Gasteiger partial charge in [0.15, 0.2) is 5.76 Å². The Bertz CT molecular complexity index is 597. The van der Waals surface area contributed by atoms with E-state index in [1.54, 1.807) is 11.8 Å². The predicted octanol–water partition coefficient (Wildman–Crippen LogP) is 2.04. The van der Waals surface area contributed by atoms with Crippen LogP contribution in [0.1, 0.15) is 29.5 Å². The number of para-hydroxylation sites is 1. The number of hydrogen-bond acceptors (Lipinski definition) is 5. The van der Waals surface area contributed by atoms with Crippen molar-refractivity contribution in [2.45, 2.75) is 24.3 Å². The van der Waals surface area contributed by atoms with Gasteiger partial charge >= 0.3 is 5.91 Å². The summed E-state index contributed by atoms with van der Waals surface area (Å²) in [6.45, 7) is 2.21. The number of nitrogens with two attached hydrogens (primary N) is 1. The number of carbonyl (C=O) groups excluding carboxylic acids is 1. The van der Waals surface area contributed by atoms with Gasteiger partial charge < -0.3 is 9.52 Å². The number of benzene rings is 1. The van der Waals surface area contributed by atoms with Crippen molar-refractivity contribution in [2.75, 3.05) is 6.61 Å². The number of nitrogens with one attached hydrogen (secondary N) is 1. The molecule has 0 bridgehead atoms. The highest BCUT2D eigenvalue weighted by Crippen LogP contribution is 2.31. The molecule has 0 aliphatic carbocycles. The molecule has 1 heterocycles. The SMILES string of the molecule is CC(CCO)SCc1c(C(=O)NN)oc2ccccc12. The lowest BCUT2D eigenvalue weighted by Gasteiger charge is -2.09. The van der Waals surface area contributed by atoms with E-state index in [0.717, 1.165) is 17.4 Å². The monoisotopic (exact) mass is 294 g/mol. The number of hydrogen-bond donors (Lipinski definition) is 3. The summed E-state index contributed by atoms with van der Waals surface area (Å²) in [7, 11) is 0. The highest BCUT2D eigenvalue weighted by Gasteiger charge is 2.20. The zero-order valence-electron chi connectivity index (χ0n) is 11.3. The quantitative estimate of drug-likeness (QED) is 0.431. The Kier molecular flexibility index (Phi) is 5.05. The number of thioether (sulfide) groups is 1. The number of carbonyl (C=O) groups is 1. The predicted molar refractivity (Wildman–Crippen MR) is 80.3 cm³/mol. The molecule has 1 aromatic heterocycles. The molecule has 0 spiro atoms. The molecule has 2 rings (SSSR count). The van der Waals surface area contributed by atoms with Gasteiger partial charge in [-0.25, -0.2) is 5.84 Å². The second-order valence-electron chi connectivity index (χ2n) is 4.51. The lowest BCUT2D eigenvalue weighted by molar-refractivity contribution is 0.0927. The van der Waals surface area contributed by atoms with Crippen LogP contribution < -0.4 is 11.3 Å². The number of fused-ring (bicyclic) bond motifs is 1. The maximum Gasteiger partial charge on any atom is 0.301 e. The van der Waals surface area contributed by atoms with Crippen LogP contribution in [0.15, 0.2) is 28.7 Å². The van der Waals surface area contributed by atoms with Gasteiger partial charge in [-0.1, -0.05) is 25.1 Å². The van der Waals surface area contributed by atoms with Crippen LogP contribution in [0.4, 0.5) is 0 Å². The van der Waals surface area contributed by atoms with Gasteiger partial charge in [-0.2, -0.15) is 11.8 Å². The molecule has 1 atom stereocenters. The summed E-state index contributed by atoms with van der Waals surface area (Å²) < 4.78 is 5.59. The van der Waals surface area contributed by atoms with Crippen LogP contribution in [0, 0.1) is 0 Å². The molecule has 0 saturated carbocycles. The third kappa shape index (κ3) is 3.15. The van der Waals surface area contributed by atoms with E-state index in [-0.39, 0.29) is 12.4 Å². The number of amides is 1. The Morgan fingerprint density at radius 3 is 2.95 bits per heavy atom.